The van der Waals surface area contributed by atoms with Crippen molar-refractivity contribution in [3.05, 3.63) is 58.3 Å². The minimum absolute atomic E-state index is 0.0580. The number of aryl methyl sites for hydroxylation is 1. The molecule has 1 aromatic carbocycles. The molecule has 0 saturated carbocycles. The van der Waals surface area contributed by atoms with Gasteiger partial charge >= 0.3 is 0 Å². The number of benzene rings is 1. The molecule has 2 fully saturated rings. The monoisotopic (exact) mass is 534 g/mol. The number of fused-ring (bicyclic) bond motifs is 1. The standard InChI is InChI=1S/C29H35ClN6O2/c1-4-26(37)34-13-15-35(16-14-34)28-22-10-12-36(27-20(2)7-5-9-24(27)30)18-25(22)32-29(23(28)17-31)38-19-21-8-6-11-33(21)3/h4-5,7,9,21H,1,6,8,10-16,18-19H2,2-3H3. The van der Waals surface area contributed by atoms with E-state index < -0.39 is 0 Å². The molecular formula is C29H35ClN6O2. The van der Waals surface area contributed by atoms with Crippen LogP contribution in [0.15, 0.2) is 30.9 Å². The highest BCUT2D eigenvalue weighted by atomic mass is 35.5. The van der Waals surface area contributed by atoms with Crippen LogP contribution in [0.1, 0.15) is 35.2 Å². The number of aromatic nitrogens is 1. The Hall–Kier alpha value is -3.28. The molecule has 9 heteroatoms. The lowest BCUT2D eigenvalue weighted by molar-refractivity contribution is -0.126. The van der Waals surface area contributed by atoms with Crippen molar-refractivity contribution in [3.8, 4) is 11.9 Å². The maximum Gasteiger partial charge on any atom is 0.246 e. The topological polar surface area (TPSA) is 75.9 Å². The molecule has 1 amide bonds. The predicted octanol–water partition coefficient (Wildman–Crippen LogP) is 3.79. The zero-order valence-corrected chi connectivity index (χ0v) is 23.0. The van der Waals surface area contributed by atoms with E-state index in [9.17, 15) is 10.1 Å². The Morgan fingerprint density at radius 1 is 1.21 bits per heavy atom. The number of rotatable bonds is 6. The van der Waals surface area contributed by atoms with Crippen LogP contribution in [0.3, 0.4) is 0 Å². The Balaban J connectivity index is 1.51. The van der Waals surface area contributed by atoms with Crippen molar-refractivity contribution in [2.45, 2.75) is 38.8 Å². The number of likely N-dealkylation sites (tertiary alicyclic amines) is 1. The molecule has 2 saturated heterocycles. The first-order valence-electron chi connectivity index (χ1n) is 13.4. The molecule has 0 radical (unpaired) electrons. The molecule has 1 aromatic heterocycles. The van der Waals surface area contributed by atoms with E-state index in [4.69, 9.17) is 21.3 Å². The molecule has 38 heavy (non-hydrogen) atoms. The number of likely N-dealkylation sites (N-methyl/N-ethyl adjacent to an activating group) is 1. The van der Waals surface area contributed by atoms with Gasteiger partial charge < -0.3 is 24.3 Å². The number of piperazine rings is 1. The van der Waals surface area contributed by atoms with Crippen LogP contribution < -0.4 is 14.5 Å². The first-order valence-corrected chi connectivity index (χ1v) is 13.7. The molecule has 1 unspecified atom stereocenters. The summed E-state index contributed by atoms with van der Waals surface area (Å²) in [6.07, 6.45) is 4.34. The SMILES string of the molecule is C=CC(=O)N1CCN(c2c(C#N)c(OCC3CCCN3C)nc3c2CCN(c2c(C)cccc2Cl)C3)CC1. The minimum atomic E-state index is -0.0580. The lowest BCUT2D eigenvalue weighted by Gasteiger charge is -2.39. The van der Waals surface area contributed by atoms with Crippen LogP contribution in [0.4, 0.5) is 11.4 Å². The normalized spacial score (nSPS) is 19.7. The summed E-state index contributed by atoms with van der Waals surface area (Å²) in [5.74, 6) is 0.348. The van der Waals surface area contributed by atoms with Gasteiger partial charge in [-0.1, -0.05) is 30.3 Å². The molecule has 2 aromatic rings. The van der Waals surface area contributed by atoms with Crippen LogP contribution in [0.5, 0.6) is 5.88 Å². The average molecular weight is 535 g/mol. The molecule has 0 N–H and O–H groups in total. The first-order chi connectivity index (χ1) is 18.4. The molecule has 3 aliphatic heterocycles. The van der Waals surface area contributed by atoms with Gasteiger partial charge in [-0.15, -0.1) is 0 Å². The van der Waals surface area contributed by atoms with E-state index in [1.54, 1.807) is 4.90 Å². The van der Waals surface area contributed by atoms with E-state index >= 15 is 0 Å². The van der Waals surface area contributed by atoms with Gasteiger partial charge in [0.15, 0.2) is 0 Å². The Morgan fingerprint density at radius 2 is 2.00 bits per heavy atom. The molecular weight excluding hydrogens is 500 g/mol. The second kappa shape index (κ2) is 11.2. The van der Waals surface area contributed by atoms with Crippen LogP contribution in [-0.2, 0) is 17.8 Å². The number of hydrogen-bond acceptors (Lipinski definition) is 7. The number of nitrogens with zero attached hydrogens (tertiary/aromatic N) is 6. The van der Waals surface area contributed by atoms with Crippen molar-refractivity contribution >= 4 is 28.9 Å². The number of anilines is 2. The van der Waals surface area contributed by atoms with Gasteiger partial charge in [-0.05, 0) is 57.5 Å². The predicted molar refractivity (Wildman–Crippen MR) is 150 cm³/mol. The molecule has 3 aliphatic rings. The van der Waals surface area contributed by atoms with Crippen LogP contribution in [0.25, 0.3) is 0 Å². The number of hydrogen-bond donors (Lipinski definition) is 0. The van der Waals surface area contributed by atoms with Crippen LogP contribution in [0, 0.1) is 18.3 Å². The van der Waals surface area contributed by atoms with Gasteiger partial charge in [0.05, 0.1) is 28.6 Å². The molecule has 0 aliphatic carbocycles. The average Bonchev–Trinajstić information content (AvgIpc) is 3.34. The number of ether oxygens (including phenoxy) is 1. The lowest BCUT2D eigenvalue weighted by Crippen LogP contribution is -2.49. The summed E-state index contributed by atoms with van der Waals surface area (Å²) < 4.78 is 6.32. The maximum absolute atomic E-state index is 12.2. The van der Waals surface area contributed by atoms with Gasteiger partial charge in [0.1, 0.15) is 18.2 Å². The summed E-state index contributed by atoms with van der Waals surface area (Å²) in [6.45, 7) is 11.1. The summed E-state index contributed by atoms with van der Waals surface area (Å²) in [5, 5.41) is 11.1. The summed E-state index contributed by atoms with van der Waals surface area (Å²) >= 11 is 6.63. The summed E-state index contributed by atoms with van der Waals surface area (Å²) in [7, 11) is 2.12. The first kappa shape index (κ1) is 26.3. The highest BCUT2D eigenvalue weighted by Crippen LogP contribution is 2.39. The molecule has 4 heterocycles. The van der Waals surface area contributed by atoms with Gasteiger partial charge in [0, 0.05) is 44.3 Å². The van der Waals surface area contributed by atoms with Crippen LogP contribution >= 0.6 is 11.6 Å². The third-order valence-corrected chi connectivity index (χ3v) is 8.38. The number of nitriles is 1. The summed E-state index contributed by atoms with van der Waals surface area (Å²) in [5.41, 5.74) is 5.57. The Bertz CT molecular complexity index is 1250. The van der Waals surface area contributed by atoms with E-state index in [1.165, 1.54) is 6.08 Å². The van der Waals surface area contributed by atoms with Crippen molar-refractivity contribution in [2.75, 3.05) is 62.7 Å². The van der Waals surface area contributed by atoms with Crippen LogP contribution in [-0.4, -0.2) is 79.7 Å². The Labute approximate surface area is 230 Å². The largest absolute Gasteiger partial charge is 0.475 e. The van der Waals surface area contributed by atoms with Gasteiger partial charge in [-0.25, -0.2) is 4.98 Å². The number of para-hydroxylation sites is 1. The Morgan fingerprint density at radius 3 is 2.66 bits per heavy atom. The number of carbonyl (C=O) groups excluding carboxylic acids is 1. The van der Waals surface area contributed by atoms with Crippen molar-refractivity contribution in [1.29, 1.82) is 5.26 Å². The van der Waals surface area contributed by atoms with Gasteiger partial charge in [-0.2, -0.15) is 5.26 Å². The van der Waals surface area contributed by atoms with E-state index in [1.807, 2.05) is 12.1 Å². The van der Waals surface area contributed by atoms with Crippen molar-refractivity contribution < 1.29 is 9.53 Å². The van der Waals surface area contributed by atoms with Crippen LogP contribution in [0.2, 0.25) is 5.02 Å². The van der Waals surface area contributed by atoms with E-state index in [0.29, 0.717) is 56.8 Å². The minimum Gasteiger partial charge on any atom is -0.475 e. The molecule has 200 valence electrons. The van der Waals surface area contributed by atoms with E-state index in [-0.39, 0.29) is 5.91 Å². The van der Waals surface area contributed by atoms with E-state index in [0.717, 1.165) is 65.6 Å². The molecule has 0 spiro atoms. The summed E-state index contributed by atoms with van der Waals surface area (Å²) in [4.78, 5) is 25.8. The number of amides is 1. The quantitative estimate of drug-likeness (QED) is 0.522. The maximum atomic E-state index is 12.2. The fourth-order valence-corrected chi connectivity index (χ4v) is 6.29. The zero-order chi connectivity index (χ0) is 26.8. The second-order valence-corrected chi connectivity index (χ2v) is 10.8. The molecule has 5 rings (SSSR count). The number of pyridine rings is 1. The molecule has 0 bridgehead atoms. The summed E-state index contributed by atoms with van der Waals surface area (Å²) in [6, 6.07) is 8.72. The smallest absolute Gasteiger partial charge is 0.246 e. The fourth-order valence-electron chi connectivity index (χ4n) is 5.95. The highest BCUT2D eigenvalue weighted by molar-refractivity contribution is 6.33. The van der Waals surface area contributed by atoms with Crippen molar-refractivity contribution in [1.82, 2.24) is 14.8 Å². The number of carbonyl (C=O) groups is 1. The second-order valence-electron chi connectivity index (χ2n) is 10.4. The highest BCUT2D eigenvalue weighted by Gasteiger charge is 2.32. The fraction of sp³-hybridized carbons (Fsp3) is 0.483. The Kier molecular flexibility index (Phi) is 7.78. The van der Waals surface area contributed by atoms with Gasteiger partial charge in [-0.3, -0.25) is 4.79 Å². The number of halogens is 1. The van der Waals surface area contributed by atoms with Gasteiger partial charge in [0.2, 0.25) is 11.8 Å². The third-order valence-electron chi connectivity index (χ3n) is 8.08. The molecule has 1 atom stereocenters. The lowest BCUT2D eigenvalue weighted by atomic mass is 9.97. The third kappa shape index (κ3) is 5.05. The molecule has 8 nitrogen and oxygen atoms in total. The van der Waals surface area contributed by atoms with Gasteiger partial charge in [0.25, 0.3) is 0 Å². The van der Waals surface area contributed by atoms with E-state index in [2.05, 4.69) is 47.4 Å². The zero-order valence-electron chi connectivity index (χ0n) is 22.2. The van der Waals surface area contributed by atoms with Crippen molar-refractivity contribution in [2.24, 2.45) is 0 Å². The van der Waals surface area contributed by atoms with Crippen molar-refractivity contribution in [3.63, 3.8) is 0 Å².